The number of thiocarbonyl (C=S) groups is 1. The molecular formula is C10H15ClN2OS2. The lowest BCUT2D eigenvalue weighted by atomic mass is 10.3. The van der Waals surface area contributed by atoms with Gasteiger partial charge in [-0.15, -0.1) is 11.8 Å². The summed E-state index contributed by atoms with van der Waals surface area (Å²) >= 11 is 6.57. The van der Waals surface area contributed by atoms with Crippen molar-refractivity contribution in [3.05, 3.63) is 24.3 Å². The van der Waals surface area contributed by atoms with E-state index in [9.17, 15) is 0 Å². The second-order valence-corrected chi connectivity index (χ2v) is 4.33. The second kappa shape index (κ2) is 8.64. The molecule has 90 valence electrons. The summed E-state index contributed by atoms with van der Waals surface area (Å²) in [5.74, 6) is 0.860. The molecule has 6 heteroatoms. The van der Waals surface area contributed by atoms with Crippen molar-refractivity contribution in [2.45, 2.75) is 0 Å². The first-order valence-electron chi connectivity index (χ1n) is 4.63. The average molecular weight is 279 g/mol. The van der Waals surface area contributed by atoms with Crippen LogP contribution in [-0.4, -0.2) is 23.7 Å². The SMILES string of the molecule is CSC(=S)Nc1ccc(OCC[NH3+])cc1.[Cl-]. The van der Waals surface area contributed by atoms with E-state index < -0.39 is 0 Å². The number of quaternary nitrogens is 1. The van der Waals surface area contributed by atoms with Gasteiger partial charge in [-0.1, -0.05) is 12.2 Å². The third-order valence-electron chi connectivity index (χ3n) is 1.70. The minimum absolute atomic E-state index is 0. The van der Waals surface area contributed by atoms with Crippen molar-refractivity contribution in [2.75, 3.05) is 24.7 Å². The summed E-state index contributed by atoms with van der Waals surface area (Å²) in [5.41, 5.74) is 4.69. The van der Waals surface area contributed by atoms with Gasteiger partial charge in [-0.2, -0.15) is 0 Å². The summed E-state index contributed by atoms with van der Waals surface area (Å²) in [6.45, 7) is 1.42. The minimum atomic E-state index is 0. The van der Waals surface area contributed by atoms with E-state index in [1.54, 1.807) is 0 Å². The molecule has 16 heavy (non-hydrogen) atoms. The molecule has 0 radical (unpaired) electrons. The lowest BCUT2D eigenvalue weighted by molar-refractivity contribution is -0.370. The van der Waals surface area contributed by atoms with Crippen molar-refractivity contribution in [1.29, 1.82) is 0 Å². The van der Waals surface area contributed by atoms with Gasteiger partial charge in [0.15, 0.2) is 0 Å². The van der Waals surface area contributed by atoms with Crippen molar-refractivity contribution in [2.24, 2.45) is 0 Å². The number of hydrogen-bond donors (Lipinski definition) is 2. The van der Waals surface area contributed by atoms with E-state index in [0.29, 0.717) is 6.61 Å². The lowest BCUT2D eigenvalue weighted by Crippen LogP contribution is -3.00. The van der Waals surface area contributed by atoms with Crippen molar-refractivity contribution >= 4 is 34.0 Å². The molecule has 0 heterocycles. The Labute approximate surface area is 112 Å². The standard InChI is InChI=1S/C10H14N2OS2.ClH/c1-15-10(14)12-8-2-4-9(5-3-8)13-7-6-11;/h2-5H,6-7,11H2,1H3,(H,12,14);1H. The Kier molecular flexibility index (Phi) is 8.37. The van der Waals surface area contributed by atoms with Crippen molar-refractivity contribution < 1.29 is 22.9 Å². The molecule has 0 fully saturated rings. The van der Waals surface area contributed by atoms with Gasteiger partial charge in [-0.25, -0.2) is 0 Å². The van der Waals surface area contributed by atoms with E-state index in [1.807, 2.05) is 30.5 Å². The molecule has 0 atom stereocenters. The molecule has 0 saturated heterocycles. The molecule has 1 aromatic carbocycles. The Balaban J connectivity index is 0.00000225. The van der Waals surface area contributed by atoms with Gasteiger partial charge in [0.1, 0.15) is 23.2 Å². The Bertz CT molecular complexity index is 319. The maximum Gasteiger partial charge on any atom is 0.137 e. The third-order valence-corrected chi connectivity index (χ3v) is 2.77. The van der Waals surface area contributed by atoms with E-state index in [1.165, 1.54) is 11.8 Å². The highest BCUT2D eigenvalue weighted by molar-refractivity contribution is 8.22. The van der Waals surface area contributed by atoms with E-state index in [-0.39, 0.29) is 12.4 Å². The van der Waals surface area contributed by atoms with Gasteiger partial charge in [0.2, 0.25) is 0 Å². The number of nitrogens with one attached hydrogen (secondary N) is 1. The van der Waals surface area contributed by atoms with Crippen LogP contribution in [-0.2, 0) is 0 Å². The van der Waals surface area contributed by atoms with Crippen molar-refractivity contribution in [1.82, 2.24) is 0 Å². The summed E-state index contributed by atoms with van der Waals surface area (Å²) in [6, 6.07) is 7.73. The van der Waals surface area contributed by atoms with Gasteiger partial charge in [0.05, 0.1) is 0 Å². The van der Waals surface area contributed by atoms with Gasteiger partial charge in [-0.3, -0.25) is 0 Å². The molecule has 0 amide bonds. The first-order valence-corrected chi connectivity index (χ1v) is 6.26. The maximum atomic E-state index is 5.41. The topological polar surface area (TPSA) is 48.9 Å². The van der Waals surface area contributed by atoms with Crippen LogP contribution in [0.4, 0.5) is 5.69 Å². The highest BCUT2D eigenvalue weighted by atomic mass is 35.5. The number of benzene rings is 1. The number of thioether (sulfide) groups is 1. The lowest BCUT2D eigenvalue weighted by Gasteiger charge is -2.07. The van der Waals surface area contributed by atoms with E-state index >= 15 is 0 Å². The maximum absolute atomic E-state index is 5.41. The molecule has 0 aliphatic carbocycles. The summed E-state index contributed by atoms with van der Waals surface area (Å²) in [7, 11) is 0. The largest absolute Gasteiger partial charge is 1.00 e. The normalized spacial score (nSPS) is 9.12. The summed E-state index contributed by atoms with van der Waals surface area (Å²) in [5, 5.41) is 3.10. The van der Waals surface area contributed by atoms with E-state index in [0.717, 1.165) is 22.3 Å². The summed E-state index contributed by atoms with van der Waals surface area (Å²) in [6.07, 6.45) is 1.95. The fourth-order valence-electron chi connectivity index (χ4n) is 0.993. The molecule has 1 aromatic rings. The Morgan fingerprint density at radius 3 is 2.56 bits per heavy atom. The van der Waals surface area contributed by atoms with Crippen LogP contribution in [0.1, 0.15) is 0 Å². The zero-order chi connectivity index (χ0) is 11.1. The van der Waals surface area contributed by atoms with Crippen LogP contribution in [0.3, 0.4) is 0 Å². The van der Waals surface area contributed by atoms with Crippen LogP contribution in [0.25, 0.3) is 0 Å². The quantitative estimate of drug-likeness (QED) is 0.650. The first-order chi connectivity index (χ1) is 7.26. The van der Waals surface area contributed by atoms with Gasteiger partial charge < -0.3 is 28.2 Å². The van der Waals surface area contributed by atoms with Crippen molar-refractivity contribution in [3.8, 4) is 5.75 Å². The van der Waals surface area contributed by atoms with Crippen molar-refractivity contribution in [3.63, 3.8) is 0 Å². The number of halogens is 1. The third kappa shape index (κ3) is 5.55. The highest BCUT2D eigenvalue weighted by Gasteiger charge is 1.97. The molecular weight excluding hydrogens is 264 g/mol. The monoisotopic (exact) mass is 278 g/mol. The van der Waals surface area contributed by atoms with Gasteiger partial charge in [0, 0.05) is 5.69 Å². The second-order valence-electron chi connectivity index (χ2n) is 2.84. The molecule has 0 aliphatic heterocycles. The predicted octanol–water partition coefficient (Wildman–Crippen LogP) is -1.63. The van der Waals surface area contributed by atoms with Crippen LogP contribution in [0.5, 0.6) is 5.75 Å². The first kappa shape index (κ1) is 15.5. The van der Waals surface area contributed by atoms with Crippen LogP contribution >= 0.6 is 24.0 Å². The van der Waals surface area contributed by atoms with E-state index in [4.69, 9.17) is 17.0 Å². The molecule has 0 unspecified atom stereocenters. The molecule has 0 aromatic heterocycles. The molecule has 1 rings (SSSR count). The number of hydrogen-bond acceptors (Lipinski definition) is 3. The number of anilines is 1. The molecule has 0 aliphatic rings. The van der Waals surface area contributed by atoms with Gasteiger partial charge in [0.25, 0.3) is 0 Å². The zero-order valence-corrected chi connectivity index (χ0v) is 11.4. The Morgan fingerprint density at radius 1 is 1.44 bits per heavy atom. The fraction of sp³-hybridized carbons (Fsp3) is 0.300. The molecule has 3 nitrogen and oxygen atoms in total. The Morgan fingerprint density at radius 2 is 2.06 bits per heavy atom. The fourth-order valence-corrected chi connectivity index (χ4v) is 1.33. The molecule has 0 saturated carbocycles. The minimum Gasteiger partial charge on any atom is -1.00 e. The van der Waals surface area contributed by atoms with Crippen LogP contribution in [0.15, 0.2) is 24.3 Å². The average Bonchev–Trinajstić information content (AvgIpc) is 2.28. The zero-order valence-electron chi connectivity index (χ0n) is 9.03. The molecule has 4 N–H and O–H groups in total. The van der Waals surface area contributed by atoms with Crippen LogP contribution < -0.4 is 28.2 Å². The Hall–Kier alpha value is -0.490. The number of rotatable bonds is 4. The predicted molar refractivity (Wildman–Crippen MR) is 69.4 cm³/mol. The highest BCUT2D eigenvalue weighted by Crippen LogP contribution is 2.16. The van der Waals surface area contributed by atoms with Crippen LogP contribution in [0, 0.1) is 0 Å². The summed E-state index contributed by atoms with van der Waals surface area (Å²) in [4.78, 5) is 0. The summed E-state index contributed by atoms with van der Waals surface area (Å²) < 4.78 is 6.18. The molecule has 0 bridgehead atoms. The smallest absolute Gasteiger partial charge is 0.137 e. The van der Waals surface area contributed by atoms with Gasteiger partial charge >= 0.3 is 0 Å². The van der Waals surface area contributed by atoms with Crippen LogP contribution in [0.2, 0.25) is 0 Å². The van der Waals surface area contributed by atoms with E-state index in [2.05, 4.69) is 11.1 Å². The molecule has 0 spiro atoms. The van der Waals surface area contributed by atoms with Gasteiger partial charge in [-0.05, 0) is 30.5 Å². The number of ether oxygens (including phenoxy) is 1.